The van der Waals surface area contributed by atoms with Crippen LogP contribution in [0.4, 0.5) is 0 Å². The number of carbonyl (C=O) groups excluding carboxylic acids is 1. The van der Waals surface area contributed by atoms with E-state index in [1.807, 2.05) is 13.0 Å². The second kappa shape index (κ2) is 7.16. The van der Waals surface area contributed by atoms with E-state index in [9.17, 15) is 9.59 Å². The van der Waals surface area contributed by atoms with Crippen LogP contribution in [0.1, 0.15) is 30.1 Å². The van der Waals surface area contributed by atoms with Gasteiger partial charge in [-0.15, -0.1) is 0 Å². The molecule has 0 spiro atoms. The van der Waals surface area contributed by atoms with Crippen LogP contribution in [0.2, 0.25) is 0 Å². The molecule has 0 saturated heterocycles. The maximum Gasteiger partial charge on any atom is 0.303 e. The third kappa shape index (κ3) is 5.31. The summed E-state index contributed by atoms with van der Waals surface area (Å²) in [5, 5.41) is 11.4. The number of carboxylic acids is 1. The lowest BCUT2D eigenvalue weighted by molar-refractivity contribution is -0.137. The van der Waals surface area contributed by atoms with Gasteiger partial charge in [-0.3, -0.25) is 9.59 Å². The lowest BCUT2D eigenvalue weighted by atomic mass is 10.1. The fourth-order valence-corrected chi connectivity index (χ4v) is 1.87. The molecule has 0 radical (unpaired) electrons. The van der Waals surface area contributed by atoms with Crippen LogP contribution >= 0.6 is 15.9 Å². The average molecular weight is 314 g/mol. The molecule has 0 aromatic heterocycles. The predicted molar refractivity (Wildman–Crippen MR) is 72.5 cm³/mol. The van der Waals surface area contributed by atoms with Crippen LogP contribution in [0, 0.1) is 5.92 Å². The van der Waals surface area contributed by atoms with E-state index in [1.165, 1.54) is 0 Å². The molecule has 98 valence electrons. The van der Waals surface area contributed by atoms with Gasteiger partial charge in [0.15, 0.2) is 0 Å². The minimum absolute atomic E-state index is 0.133. The van der Waals surface area contributed by atoms with Gasteiger partial charge < -0.3 is 10.4 Å². The highest BCUT2D eigenvalue weighted by molar-refractivity contribution is 9.10. The van der Waals surface area contributed by atoms with Crippen LogP contribution in [0.3, 0.4) is 0 Å². The first-order chi connectivity index (χ1) is 8.49. The number of rotatable bonds is 6. The Morgan fingerprint density at radius 1 is 1.44 bits per heavy atom. The van der Waals surface area contributed by atoms with E-state index in [-0.39, 0.29) is 18.2 Å². The Bertz CT molecular complexity index is 434. The first-order valence-corrected chi connectivity index (χ1v) is 6.54. The number of carboxylic acid groups (broad SMARTS) is 1. The van der Waals surface area contributed by atoms with Crippen LogP contribution in [0.15, 0.2) is 28.7 Å². The maximum absolute atomic E-state index is 11.8. The Balaban J connectivity index is 2.39. The monoisotopic (exact) mass is 313 g/mol. The first-order valence-electron chi connectivity index (χ1n) is 5.74. The third-order valence-corrected chi connectivity index (χ3v) is 3.04. The average Bonchev–Trinajstić information content (AvgIpc) is 2.33. The summed E-state index contributed by atoms with van der Waals surface area (Å²) in [5.41, 5.74) is 0.592. The summed E-state index contributed by atoms with van der Waals surface area (Å²) in [5.74, 6) is -0.796. The highest BCUT2D eigenvalue weighted by Gasteiger charge is 2.09. The normalized spacial score (nSPS) is 11.9. The summed E-state index contributed by atoms with van der Waals surface area (Å²) < 4.78 is 0.856. The van der Waals surface area contributed by atoms with E-state index in [0.717, 1.165) is 4.47 Å². The van der Waals surface area contributed by atoms with E-state index in [0.29, 0.717) is 18.5 Å². The molecule has 1 atom stereocenters. The fraction of sp³-hybridized carbons (Fsp3) is 0.385. The number of aliphatic carboxylic acids is 1. The van der Waals surface area contributed by atoms with Gasteiger partial charge in [0.2, 0.25) is 0 Å². The van der Waals surface area contributed by atoms with Gasteiger partial charge >= 0.3 is 5.97 Å². The molecule has 1 aromatic carbocycles. The van der Waals surface area contributed by atoms with Crippen molar-refractivity contribution in [1.29, 1.82) is 0 Å². The molecule has 5 heteroatoms. The minimum Gasteiger partial charge on any atom is -0.481 e. The van der Waals surface area contributed by atoms with Crippen LogP contribution in [0.5, 0.6) is 0 Å². The number of halogens is 1. The predicted octanol–water partition coefficient (Wildman–Crippen LogP) is 2.68. The lowest BCUT2D eigenvalue weighted by Gasteiger charge is -2.11. The number of hydrogen-bond acceptors (Lipinski definition) is 2. The van der Waals surface area contributed by atoms with Crippen molar-refractivity contribution in [2.24, 2.45) is 5.92 Å². The smallest absolute Gasteiger partial charge is 0.303 e. The van der Waals surface area contributed by atoms with E-state index in [4.69, 9.17) is 5.11 Å². The lowest BCUT2D eigenvalue weighted by Crippen LogP contribution is -2.28. The van der Waals surface area contributed by atoms with Crippen molar-refractivity contribution in [2.75, 3.05) is 6.54 Å². The summed E-state index contributed by atoms with van der Waals surface area (Å²) in [6.45, 7) is 2.41. The SMILES string of the molecule is CC(CCC(=O)O)CNC(=O)c1cccc(Br)c1. The Hall–Kier alpha value is -1.36. The quantitative estimate of drug-likeness (QED) is 0.848. The zero-order valence-electron chi connectivity index (χ0n) is 10.1. The number of amides is 1. The summed E-state index contributed by atoms with van der Waals surface area (Å²) >= 11 is 3.31. The minimum atomic E-state index is -0.805. The van der Waals surface area contributed by atoms with Crippen LogP contribution in [-0.2, 0) is 4.79 Å². The molecule has 0 aliphatic heterocycles. The Kier molecular flexibility index (Phi) is 5.85. The highest BCUT2D eigenvalue weighted by Crippen LogP contribution is 2.11. The highest BCUT2D eigenvalue weighted by atomic mass is 79.9. The van der Waals surface area contributed by atoms with E-state index in [2.05, 4.69) is 21.2 Å². The van der Waals surface area contributed by atoms with Gasteiger partial charge in [0, 0.05) is 23.0 Å². The number of benzene rings is 1. The van der Waals surface area contributed by atoms with Gasteiger partial charge in [0.05, 0.1) is 0 Å². The molecule has 0 bridgehead atoms. The topological polar surface area (TPSA) is 66.4 Å². The van der Waals surface area contributed by atoms with Gasteiger partial charge in [-0.25, -0.2) is 0 Å². The van der Waals surface area contributed by atoms with Crippen LogP contribution < -0.4 is 5.32 Å². The Labute approximate surface area is 115 Å². The molecule has 1 rings (SSSR count). The van der Waals surface area contributed by atoms with Crippen LogP contribution in [-0.4, -0.2) is 23.5 Å². The third-order valence-electron chi connectivity index (χ3n) is 2.55. The molecule has 0 aliphatic carbocycles. The molecule has 1 amide bonds. The van der Waals surface area contributed by atoms with Gasteiger partial charge in [-0.05, 0) is 30.5 Å². The summed E-state index contributed by atoms with van der Waals surface area (Å²) in [7, 11) is 0. The van der Waals surface area contributed by atoms with E-state index >= 15 is 0 Å². The molecular formula is C13H16BrNO3. The standard InChI is InChI=1S/C13H16BrNO3/c1-9(5-6-12(16)17)8-15-13(18)10-3-2-4-11(14)7-10/h2-4,7,9H,5-6,8H2,1H3,(H,15,18)(H,16,17). The number of hydrogen-bond donors (Lipinski definition) is 2. The van der Waals surface area contributed by atoms with E-state index in [1.54, 1.807) is 18.2 Å². The van der Waals surface area contributed by atoms with Crippen molar-refractivity contribution in [3.8, 4) is 0 Å². The van der Waals surface area contributed by atoms with Gasteiger partial charge in [-0.1, -0.05) is 28.9 Å². The van der Waals surface area contributed by atoms with Crippen molar-refractivity contribution in [3.05, 3.63) is 34.3 Å². The van der Waals surface area contributed by atoms with Crippen molar-refractivity contribution in [2.45, 2.75) is 19.8 Å². The van der Waals surface area contributed by atoms with Crippen molar-refractivity contribution in [3.63, 3.8) is 0 Å². The first kappa shape index (κ1) is 14.7. The number of carbonyl (C=O) groups is 2. The largest absolute Gasteiger partial charge is 0.481 e. The maximum atomic E-state index is 11.8. The molecule has 1 aromatic rings. The molecule has 0 saturated carbocycles. The molecule has 1 unspecified atom stereocenters. The Morgan fingerprint density at radius 3 is 2.78 bits per heavy atom. The molecule has 4 nitrogen and oxygen atoms in total. The zero-order chi connectivity index (χ0) is 13.5. The summed E-state index contributed by atoms with van der Waals surface area (Å²) in [4.78, 5) is 22.2. The summed E-state index contributed by atoms with van der Waals surface area (Å²) in [6, 6.07) is 7.14. The van der Waals surface area contributed by atoms with Gasteiger partial charge in [0.25, 0.3) is 5.91 Å². The fourth-order valence-electron chi connectivity index (χ4n) is 1.47. The Morgan fingerprint density at radius 2 is 2.17 bits per heavy atom. The van der Waals surface area contributed by atoms with Gasteiger partial charge in [0.1, 0.15) is 0 Å². The molecule has 18 heavy (non-hydrogen) atoms. The van der Waals surface area contributed by atoms with Crippen molar-refractivity contribution >= 4 is 27.8 Å². The molecular weight excluding hydrogens is 298 g/mol. The second-order valence-corrected chi connectivity index (χ2v) is 5.17. The number of nitrogens with one attached hydrogen (secondary N) is 1. The van der Waals surface area contributed by atoms with E-state index < -0.39 is 5.97 Å². The molecule has 0 fully saturated rings. The van der Waals surface area contributed by atoms with Crippen LogP contribution in [0.25, 0.3) is 0 Å². The second-order valence-electron chi connectivity index (χ2n) is 4.26. The van der Waals surface area contributed by atoms with Crippen molar-refractivity contribution < 1.29 is 14.7 Å². The molecule has 0 aliphatic rings. The molecule has 2 N–H and O–H groups in total. The van der Waals surface area contributed by atoms with Gasteiger partial charge in [-0.2, -0.15) is 0 Å². The zero-order valence-corrected chi connectivity index (χ0v) is 11.7. The van der Waals surface area contributed by atoms with Crippen molar-refractivity contribution in [1.82, 2.24) is 5.32 Å². The molecule has 0 heterocycles. The summed E-state index contributed by atoms with van der Waals surface area (Å²) in [6.07, 6.45) is 0.696.